The number of carbonyl (C=O) groups is 1. The van der Waals surface area contributed by atoms with Crippen molar-refractivity contribution in [1.82, 2.24) is 24.8 Å². The van der Waals surface area contributed by atoms with E-state index in [0.29, 0.717) is 13.2 Å². The van der Waals surface area contributed by atoms with Gasteiger partial charge in [0.05, 0.1) is 12.8 Å². The third kappa shape index (κ3) is 4.68. The van der Waals surface area contributed by atoms with E-state index in [9.17, 15) is 4.79 Å². The van der Waals surface area contributed by atoms with Gasteiger partial charge in [0, 0.05) is 19.6 Å². The highest BCUT2D eigenvalue weighted by molar-refractivity contribution is 5.90. The summed E-state index contributed by atoms with van der Waals surface area (Å²) in [4.78, 5) is 31.4. The Morgan fingerprint density at radius 3 is 2.81 bits per heavy atom. The third-order valence-corrected chi connectivity index (χ3v) is 4.00. The molecule has 9 nitrogen and oxygen atoms in total. The van der Waals surface area contributed by atoms with Gasteiger partial charge in [0.15, 0.2) is 16.9 Å². The molecule has 3 heterocycles. The minimum absolute atomic E-state index is 0.0345. The highest BCUT2D eigenvalue weighted by Gasteiger charge is 2.28. The highest BCUT2D eigenvalue weighted by Crippen LogP contribution is 2.21. The summed E-state index contributed by atoms with van der Waals surface area (Å²) in [6.07, 6.45) is 6.61. The van der Waals surface area contributed by atoms with Crippen LogP contribution in [0.15, 0.2) is 18.3 Å². The molecule has 2 N–H and O–H groups in total. The Morgan fingerprint density at radius 2 is 2.11 bits per heavy atom. The van der Waals surface area contributed by atoms with Crippen LogP contribution in [0.3, 0.4) is 0 Å². The number of nitrogen functional groups attached to an aromatic ring is 1. The van der Waals surface area contributed by atoms with Gasteiger partial charge in [-0.25, -0.2) is 14.8 Å². The lowest BCUT2D eigenvalue weighted by Gasteiger charge is -2.32. The van der Waals surface area contributed by atoms with E-state index in [0.717, 1.165) is 19.5 Å². The van der Waals surface area contributed by atoms with E-state index in [1.807, 2.05) is 20.8 Å². The van der Waals surface area contributed by atoms with Crippen molar-refractivity contribution in [2.24, 2.45) is 0 Å². The number of hydrogen-bond acceptors (Lipinski definition) is 9. The average Bonchev–Trinajstić information content (AvgIpc) is 2.61. The number of nitrogens with two attached hydrogens (primary N) is 1. The predicted octanol–water partition coefficient (Wildman–Crippen LogP) is 1.60. The largest absolute Gasteiger partial charge is 0.476 e. The maximum atomic E-state index is 12.6. The first-order valence-electron chi connectivity index (χ1n) is 8.92. The van der Waals surface area contributed by atoms with Crippen molar-refractivity contribution in [3.8, 4) is 5.88 Å². The van der Waals surface area contributed by atoms with Crippen LogP contribution in [0.5, 0.6) is 5.88 Å². The van der Waals surface area contributed by atoms with Crippen LogP contribution in [-0.2, 0) is 4.74 Å². The summed E-state index contributed by atoms with van der Waals surface area (Å²) in [6.45, 7) is 8.39. The second-order valence-corrected chi connectivity index (χ2v) is 6.89. The molecule has 0 atom stereocenters. The van der Waals surface area contributed by atoms with Crippen molar-refractivity contribution in [3.63, 3.8) is 0 Å². The van der Waals surface area contributed by atoms with Gasteiger partial charge in [0.2, 0.25) is 11.8 Å². The van der Waals surface area contributed by atoms with Crippen molar-refractivity contribution in [2.45, 2.75) is 32.8 Å². The van der Waals surface area contributed by atoms with Gasteiger partial charge in [-0.15, -0.1) is 0 Å². The molecule has 0 saturated heterocycles. The second kappa shape index (κ2) is 7.83. The molecule has 0 aromatic carbocycles. The molecule has 0 aliphatic carbocycles. The summed E-state index contributed by atoms with van der Waals surface area (Å²) in [5.41, 5.74) is 5.60. The van der Waals surface area contributed by atoms with Gasteiger partial charge >= 0.3 is 5.97 Å². The first-order valence-corrected chi connectivity index (χ1v) is 8.92. The van der Waals surface area contributed by atoms with E-state index in [4.69, 9.17) is 15.2 Å². The minimum atomic E-state index is -0.667. The fraction of sp³-hybridized carbons (Fsp3) is 0.500. The molecule has 144 valence electrons. The standard InChI is InChI=1S/C18H24N6O3/c1-4-26-15-13-14(22-17(19)23-15)20-10-12(21-13)16(25)27-18(2,3)11-24-8-6-5-7-9-24/h5-6,10H,4,7-9,11H2,1-3H3,(H2,19,20,22,23). The van der Waals surface area contributed by atoms with E-state index < -0.39 is 11.6 Å². The summed E-state index contributed by atoms with van der Waals surface area (Å²) in [7, 11) is 0. The number of esters is 1. The van der Waals surface area contributed by atoms with Crippen LogP contribution in [-0.4, -0.2) is 62.6 Å². The fourth-order valence-corrected chi connectivity index (χ4v) is 2.94. The number of anilines is 1. The van der Waals surface area contributed by atoms with Crippen LogP contribution in [0.1, 0.15) is 37.7 Å². The lowest BCUT2D eigenvalue weighted by molar-refractivity contribution is -0.0160. The van der Waals surface area contributed by atoms with Crippen LogP contribution in [0, 0.1) is 0 Å². The SMILES string of the molecule is CCOc1nc(N)nc2ncc(C(=O)OC(C)(C)CN3CC=CCC3)nc12. The van der Waals surface area contributed by atoms with E-state index in [-0.39, 0.29) is 28.7 Å². The molecule has 1 aliphatic heterocycles. The first kappa shape index (κ1) is 19.0. The third-order valence-electron chi connectivity index (χ3n) is 4.00. The molecule has 0 bridgehead atoms. The number of ether oxygens (including phenoxy) is 2. The maximum absolute atomic E-state index is 12.6. The van der Waals surface area contributed by atoms with Crippen LogP contribution in [0.4, 0.5) is 5.95 Å². The monoisotopic (exact) mass is 372 g/mol. The first-order chi connectivity index (χ1) is 12.9. The van der Waals surface area contributed by atoms with Crippen molar-refractivity contribution in [2.75, 3.05) is 32.0 Å². The molecular formula is C18H24N6O3. The molecule has 0 spiro atoms. The normalized spacial score (nSPS) is 15.1. The van der Waals surface area contributed by atoms with Gasteiger partial charge in [0.25, 0.3) is 0 Å². The van der Waals surface area contributed by atoms with E-state index in [1.54, 1.807) is 0 Å². The number of carbonyl (C=O) groups excluding carboxylic acids is 1. The zero-order valence-corrected chi connectivity index (χ0v) is 15.8. The molecule has 2 aromatic rings. The Labute approximate surface area is 157 Å². The second-order valence-electron chi connectivity index (χ2n) is 6.89. The highest BCUT2D eigenvalue weighted by atomic mass is 16.6. The number of rotatable bonds is 6. The molecule has 0 amide bonds. The van der Waals surface area contributed by atoms with E-state index in [1.165, 1.54) is 6.20 Å². The van der Waals surface area contributed by atoms with Gasteiger partial charge in [-0.05, 0) is 27.2 Å². The molecule has 1 aliphatic rings. The Bertz CT molecular complexity index is 868. The lowest BCUT2D eigenvalue weighted by Crippen LogP contribution is -2.43. The predicted molar refractivity (Wildman–Crippen MR) is 100 cm³/mol. The van der Waals surface area contributed by atoms with Crippen LogP contribution < -0.4 is 10.5 Å². The maximum Gasteiger partial charge on any atom is 0.359 e. The summed E-state index contributed by atoms with van der Waals surface area (Å²) in [6, 6.07) is 0. The van der Waals surface area contributed by atoms with Gasteiger partial charge in [-0.1, -0.05) is 12.2 Å². The smallest absolute Gasteiger partial charge is 0.359 e. The Hall–Kier alpha value is -2.81. The van der Waals surface area contributed by atoms with E-state index >= 15 is 0 Å². The van der Waals surface area contributed by atoms with Crippen LogP contribution in [0.2, 0.25) is 0 Å². The number of hydrogen-bond donors (Lipinski definition) is 1. The summed E-state index contributed by atoms with van der Waals surface area (Å²) >= 11 is 0. The van der Waals surface area contributed by atoms with Crippen molar-refractivity contribution in [1.29, 1.82) is 0 Å². The molecule has 0 unspecified atom stereocenters. The fourth-order valence-electron chi connectivity index (χ4n) is 2.94. The summed E-state index contributed by atoms with van der Waals surface area (Å²) in [5.74, 6) is -0.324. The molecule has 0 radical (unpaired) electrons. The average molecular weight is 372 g/mol. The van der Waals surface area contributed by atoms with Crippen molar-refractivity contribution >= 4 is 23.1 Å². The Balaban J connectivity index is 1.79. The molecule has 27 heavy (non-hydrogen) atoms. The Morgan fingerprint density at radius 1 is 1.30 bits per heavy atom. The number of nitrogens with zero attached hydrogens (tertiary/aromatic N) is 5. The van der Waals surface area contributed by atoms with Gasteiger partial charge < -0.3 is 15.2 Å². The molecule has 0 saturated carbocycles. The van der Waals surface area contributed by atoms with Crippen molar-refractivity contribution in [3.05, 3.63) is 24.0 Å². The van der Waals surface area contributed by atoms with Gasteiger partial charge in [0.1, 0.15) is 5.60 Å². The van der Waals surface area contributed by atoms with Gasteiger partial charge in [-0.2, -0.15) is 9.97 Å². The zero-order valence-electron chi connectivity index (χ0n) is 15.8. The Kier molecular flexibility index (Phi) is 5.50. The molecule has 3 rings (SSSR count). The number of aromatic nitrogens is 4. The van der Waals surface area contributed by atoms with Crippen molar-refractivity contribution < 1.29 is 14.3 Å². The van der Waals surface area contributed by atoms with Crippen LogP contribution in [0.25, 0.3) is 11.2 Å². The number of fused-ring (bicyclic) bond motifs is 1. The summed E-state index contributed by atoms with van der Waals surface area (Å²) in [5, 5.41) is 0. The quantitative estimate of drug-likeness (QED) is 0.596. The van der Waals surface area contributed by atoms with E-state index in [2.05, 4.69) is 37.0 Å². The topological polar surface area (TPSA) is 116 Å². The zero-order chi connectivity index (χ0) is 19.4. The molecule has 0 fully saturated rings. The summed E-state index contributed by atoms with van der Waals surface area (Å²) < 4.78 is 11.1. The molecule has 9 heteroatoms. The lowest BCUT2D eigenvalue weighted by atomic mass is 10.1. The minimum Gasteiger partial charge on any atom is -0.476 e. The van der Waals surface area contributed by atoms with Crippen LogP contribution >= 0.6 is 0 Å². The van der Waals surface area contributed by atoms with Gasteiger partial charge in [-0.3, -0.25) is 4.90 Å². The molecule has 2 aromatic heterocycles. The molecular weight excluding hydrogens is 348 g/mol.